The molecule has 2 unspecified atom stereocenters. The van der Waals surface area contributed by atoms with Crippen LogP contribution in [-0.4, -0.2) is 66.6 Å². The summed E-state index contributed by atoms with van der Waals surface area (Å²) < 4.78 is 19.8. The maximum atomic E-state index is 14.5. The second-order valence-corrected chi connectivity index (χ2v) is 12.1. The zero-order chi connectivity index (χ0) is 28.9. The molecule has 0 aliphatic carbocycles. The highest BCUT2D eigenvalue weighted by atomic mass is 16.7. The topological polar surface area (TPSA) is 114 Å². The predicted octanol–water partition coefficient (Wildman–Crippen LogP) is 4.14. The molecular weight excluding hydrogens is 518 g/mol. The Hall–Kier alpha value is -2.78. The van der Waals surface area contributed by atoms with E-state index in [1.165, 1.54) is 43.3 Å². The van der Waals surface area contributed by atoms with Gasteiger partial charge in [0, 0.05) is 38.5 Å². The number of nitrogens with two attached hydrogens (primary N) is 2. The molecule has 2 aromatic rings. The van der Waals surface area contributed by atoms with E-state index in [2.05, 4.69) is 0 Å². The van der Waals surface area contributed by atoms with Crippen molar-refractivity contribution in [3.8, 4) is 0 Å². The van der Waals surface area contributed by atoms with Gasteiger partial charge in [-0.05, 0) is 37.4 Å². The van der Waals surface area contributed by atoms with Crippen molar-refractivity contribution in [1.82, 2.24) is 0 Å². The van der Waals surface area contributed by atoms with Gasteiger partial charge in [0.25, 0.3) is 0 Å². The number of piperidine rings is 1. The predicted molar refractivity (Wildman–Crippen MR) is 156 cm³/mol. The Morgan fingerprint density at radius 1 is 0.927 bits per heavy atom. The molecule has 3 fully saturated rings. The van der Waals surface area contributed by atoms with Crippen LogP contribution in [0.3, 0.4) is 0 Å². The van der Waals surface area contributed by atoms with E-state index in [0.717, 1.165) is 25.7 Å². The number of ether oxygens (including phenoxy) is 3. The van der Waals surface area contributed by atoms with Crippen molar-refractivity contribution in [2.45, 2.75) is 101 Å². The maximum absolute atomic E-state index is 14.5. The number of rotatable bonds is 12. The Bertz CT molecular complexity index is 1100. The lowest BCUT2D eigenvalue weighted by atomic mass is 9.85. The summed E-state index contributed by atoms with van der Waals surface area (Å²) in [5.41, 5.74) is 11.3. The Morgan fingerprint density at radius 2 is 1.49 bits per heavy atom. The third kappa shape index (κ3) is 6.07. The number of hydrogen-bond donors (Lipinski definition) is 2. The van der Waals surface area contributed by atoms with Gasteiger partial charge in [-0.3, -0.25) is 4.79 Å². The zero-order valence-electron chi connectivity index (χ0n) is 24.3. The van der Waals surface area contributed by atoms with E-state index in [-0.39, 0.29) is 6.10 Å². The van der Waals surface area contributed by atoms with Crippen LogP contribution in [0.15, 0.2) is 60.7 Å². The monoisotopic (exact) mass is 564 g/mol. The van der Waals surface area contributed by atoms with Gasteiger partial charge in [-0.2, -0.15) is 0 Å². The highest BCUT2D eigenvalue weighted by molar-refractivity contribution is 5.86. The van der Waals surface area contributed by atoms with Crippen LogP contribution in [0.5, 0.6) is 0 Å². The first-order valence-corrected chi connectivity index (χ1v) is 15.4. The van der Waals surface area contributed by atoms with Crippen molar-refractivity contribution in [2.75, 3.05) is 19.6 Å². The van der Waals surface area contributed by atoms with Gasteiger partial charge in [0.05, 0.1) is 25.2 Å². The van der Waals surface area contributed by atoms with E-state index in [0.29, 0.717) is 36.2 Å². The maximum Gasteiger partial charge on any atom is 0.348 e. The Balaban J connectivity index is 1.40. The molecule has 1 spiro atoms. The molecule has 8 nitrogen and oxygen atoms in total. The number of quaternary nitrogens is 1. The first-order chi connectivity index (χ1) is 19.9. The molecule has 0 radical (unpaired) electrons. The molecule has 0 saturated carbocycles. The van der Waals surface area contributed by atoms with E-state index >= 15 is 0 Å². The molecule has 8 heteroatoms. The van der Waals surface area contributed by atoms with Crippen molar-refractivity contribution in [1.29, 1.82) is 0 Å². The smallest absolute Gasteiger partial charge is 0.348 e. The molecule has 3 aliphatic heterocycles. The first-order valence-electron chi connectivity index (χ1n) is 15.4. The summed E-state index contributed by atoms with van der Waals surface area (Å²) in [5.74, 6) is -1.05. The molecule has 222 valence electrons. The van der Waals surface area contributed by atoms with E-state index < -0.39 is 29.9 Å². The fraction of sp³-hybridized carbons (Fsp3) is 0.576. The second kappa shape index (κ2) is 13.0. The van der Waals surface area contributed by atoms with Gasteiger partial charge < -0.3 is 30.2 Å². The molecule has 4 N–H and O–H groups in total. The number of unbranched alkanes of at least 4 members (excludes halogenated alkanes) is 1. The minimum atomic E-state index is -1.62. The number of benzene rings is 2. The highest BCUT2D eigenvalue weighted by Crippen LogP contribution is 2.47. The lowest BCUT2D eigenvalue weighted by molar-refractivity contribution is -0.956. The van der Waals surface area contributed by atoms with Crippen LogP contribution in [0, 0.1) is 0 Å². The molecule has 0 amide bonds. The lowest BCUT2D eigenvalue weighted by Gasteiger charge is -2.47. The molecule has 3 saturated heterocycles. The van der Waals surface area contributed by atoms with Crippen molar-refractivity contribution in [3.63, 3.8) is 0 Å². The zero-order valence-corrected chi connectivity index (χ0v) is 24.3. The number of carbonyl (C=O) groups excluding carboxylic acids is 2. The Morgan fingerprint density at radius 3 is 2.02 bits per heavy atom. The van der Waals surface area contributed by atoms with Crippen LogP contribution in [-0.2, 0) is 29.4 Å². The third-order valence-electron chi connectivity index (χ3n) is 9.57. The summed E-state index contributed by atoms with van der Waals surface area (Å²) in [5, 5.41) is 0. The summed E-state index contributed by atoms with van der Waals surface area (Å²) in [6, 6.07) is 19.0. The van der Waals surface area contributed by atoms with E-state index in [1.54, 1.807) is 6.92 Å². The summed E-state index contributed by atoms with van der Waals surface area (Å²) in [6.45, 7) is 4.69. The van der Waals surface area contributed by atoms with E-state index in [4.69, 9.17) is 25.7 Å². The summed E-state index contributed by atoms with van der Waals surface area (Å²) in [7, 11) is 0. The SMILES string of the molecule is C[C@H](OC(=O)[C@@H](N)CCCCN)OC(C(=O)OC1CC2CCC(C1)[N+]21CCCC1)(c1ccccc1)c1ccccc1. The largest absolute Gasteiger partial charge is 0.459 e. The van der Waals surface area contributed by atoms with Gasteiger partial charge in [0.1, 0.15) is 12.1 Å². The molecule has 4 atom stereocenters. The van der Waals surface area contributed by atoms with Crippen LogP contribution in [0.25, 0.3) is 0 Å². The van der Waals surface area contributed by atoms with Gasteiger partial charge in [-0.15, -0.1) is 0 Å². The van der Waals surface area contributed by atoms with Gasteiger partial charge in [0.2, 0.25) is 11.9 Å². The fourth-order valence-corrected chi connectivity index (χ4v) is 7.62. The van der Waals surface area contributed by atoms with Crippen molar-refractivity contribution < 1.29 is 28.3 Å². The number of carbonyl (C=O) groups is 2. The van der Waals surface area contributed by atoms with E-state index in [9.17, 15) is 9.59 Å². The average molecular weight is 565 g/mol. The number of nitrogens with zero attached hydrogens (tertiary/aromatic N) is 1. The lowest BCUT2D eigenvalue weighted by Crippen LogP contribution is -2.60. The van der Waals surface area contributed by atoms with Crippen molar-refractivity contribution in [2.24, 2.45) is 11.5 Å². The molecule has 5 rings (SSSR count). The van der Waals surface area contributed by atoms with Gasteiger partial charge in [0.15, 0.2) is 0 Å². The Kier molecular flexibility index (Phi) is 9.44. The molecule has 3 aliphatic rings. The minimum Gasteiger partial charge on any atom is -0.459 e. The quantitative estimate of drug-likeness (QED) is 0.172. The van der Waals surface area contributed by atoms with Crippen LogP contribution in [0.2, 0.25) is 0 Å². The fourth-order valence-electron chi connectivity index (χ4n) is 7.62. The van der Waals surface area contributed by atoms with Crippen molar-refractivity contribution in [3.05, 3.63) is 71.8 Å². The van der Waals surface area contributed by atoms with Gasteiger partial charge in [-0.25, -0.2) is 4.79 Å². The number of hydrogen-bond acceptors (Lipinski definition) is 7. The molecule has 3 heterocycles. The van der Waals surface area contributed by atoms with Crippen LogP contribution in [0.1, 0.15) is 75.8 Å². The normalized spacial score (nSPS) is 24.6. The standard InChI is InChI=1S/C33H46N3O5/c1-24(39-31(37)30(35)16-8-9-19-34)41-33(25-12-4-2-5-13-25,26-14-6-3-7-15-26)32(38)40-29-22-27-17-18-28(23-29)36(27)20-10-11-21-36/h2-7,12-15,24,27-30H,8-11,16-23,34-35H2,1H3/q+1/t24-,27?,28?,29?,30+/m1/s1. The summed E-state index contributed by atoms with van der Waals surface area (Å²) in [4.78, 5) is 27.3. The molecule has 2 bridgehead atoms. The minimum absolute atomic E-state index is 0.173. The summed E-state index contributed by atoms with van der Waals surface area (Å²) in [6.07, 6.45) is 7.51. The molecule has 41 heavy (non-hydrogen) atoms. The van der Waals surface area contributed by atoms with Crippen LogP contribution < -0.4 is 11.5 Å². The van der Waals surface area contributed by atoms with E-state index in [1.807, 2.05) is 60.7 Å². The first kappa shape index (κ1) is 29.7. The van der Waals surface area contributed by atoms with Crippen molar-refractivity contribution >= 4 is 11.9 Å². The number of esters is 2. The van der Waals surface area contributed by atoms with Gasteiger partial charge in [-0.1, -0.05) is 67.1 Å². The highest BCUT2D eigenvalue weighted by Gasteiger charge is 2.57. The second-order valence-electron chi connectivity index (χ2n) is 12.1. The average Bonchev–Trinajstić information content (AvgIpc) is 3.53. The molecular formula is C33H46N3O5+. The van der Waals surface area contributed by atoms with Crippen LogP contribution >= 0.6 is 0 Å². The Labute approximate surface area is 243 Å². The van der Waals surface area contributed by atoms with Crippen LogP contribution in [0.4, 0.5) is 0 Å². The third-order valence-corrected chi connectivity index (χ3v) is 9.57. The molecule has 0 aromatic heterocycles. The van der Waals surface area contributed by atoms with Gasteiger partial charge >= 0.3 is 11.9 Å². The summed E-state index contributed by atoms with van der Waals surface area (Å²) >= 11 is 0. The molecule has 2 aromatic carbocycles.